The molecule has 0 bridgehead atoms. The molecule has 1 heterocycles. The van der Waals surface area contributed by atoms with E-state index < -0.39 is 0 Å². The van der Waals surface area contributed by atoms with Gasteiger partial charge in [-0.1, -0.05) is 54.6 Å². The average Bonchev–Trinajstić information content (AvgIpc) is 2.41. The lowest BCUT2D eigenvalue weighted by Gasteiger charge is -2.11. The Bertz CT molecular complexity index is 459. The van der Waals surface area contributed by atoms with Crippen LogP contribution in [0.1, 0.15) is 11.1 Å². The van der Waals surface area contributed by atoms with Crippen molar-refractivity contribution in [3.8, 4) is 5.75 Å². The molecule has 86 valence electrons. The fourth-order valence-corrected chi connectivity index (χ4v) is 1.60. The molecule has 1 aliphatic rings. The van der Waals surface area contributed by atoms with Gasteiger partial charge in [0.05, 0.1) is 0 Å². The van der Waals surface area contributed by atoms with Gasteiger partial charge >= 0.3 is 0 Å². The van der Waals surface area contributed by atoms with Crippen molar-refractivity contribution >= 4 is 6.08 Å². The van der Waals surface area contributed by atoms with Crippen LogP contribution < -0.4 is 4.74 Å². The second-order valence-corrected chi connectivity index (χ2v) is 3.91. The molecule has 0 aromatic heterocycles. The van der Waals surface area contributed by atoms with Crippen molar-refractivity contribution in [3.05, 3.63) is 71.8 Å². The molecule has 0 N–H and O–H groups in total. The lowest BCUT2D eigenvalue weighted by Crippen LogP contribution is -1.99. The van der Waals surface area contributed by atoms with Crippen LogP contribution in [0.3, 0.4) is 0 Å². The SMILES string of the molecule is Cc1ccc2c(c1)OCC=C2.c1ccccc1. The van der Waals surface area contributed by atoms with E-state index in [-0.39, 0.29) is 0 Å². The van der Waals surface area contributed by atoms with E-state index in [9.17, 15) is 0 Å². The van der Waals surface area contributed by atoms with Crippen molar-refractivity contribution in [3.63, 3.8) is 0 Å². The Hall–Kier alpha value is -2.02. The minimum absolute atomic E-state index is 0.705. The van der Waals surface area contributed by atoms with Crippen molar-refractivity contribution in [2.45, 2.75) is 6.92 Å². The summed E-state index contributed by atoms with van der Waals surface area (Å²) in [7, 11) is 0. The van der Waals surface area contributed by atoms with Crippen LogP contribution in [0.5, 0.6) is 5.75 Å². The first-order valence-electron chi connectivity index (χ1n) is 5.76. The van der Waals surface area contributed by atoms with Gasteiger partial charge in [0.15, 0.2) is 0 Å². The van der Waals surface area contributed by atoms with Crippen LogP contribution in [-0.4, -0.2) is 6.61 Å². The van der Waals surface area contributed by atoms with Crippen molar-refractivity contribution in [1.82, 2.24) is 0 Å². The molecule has 0 saturated heterocycles. The molecule has 1 aliphatic heterocycles. The molecular formula is C16H16O. The largest absolute Gasteiger partial charge is 0.489 e. The monoisotopic (exact) mass is 224 g/mol. The zero-order valence-electron chi connectivity index (χ0n) is 9.97. The third-order valence-electron chi connectivity index (χ3n) is 2.47. The molecule has 0 unspecified atom stereocenters. The van der Waals surface area contributed by atoms with Crippen LogP contribution in [0.15, 0.2) is 60.7 Å². The summed E-state index contributed by atoms with van der Waals surface area (Å²) in [5.74, 6) is 1.01. The van der Waals surface area contributed by atoms with Crippen molar-refractivity contribution < 1.29 is 4.74 Å². The number of rotatable bonds is 0. The summed E-state index contributed by atoms with van der Waals surface area (Å²) in [6.07, 6.45) is 4.12. The number of hydrogen-bond donors (Lipinski definition) is 0. The second-order valence-electron chi connectivity index (χ2n) is 3.91. The molecule has 0 radical (unpaired) electrons. The van der Waals surface area contributed by atoms with Crippen LogP contribution in [0, 0.1) is 6.92 Å². The van der Waals surface area contributed by atoms with Crippen molar-refractivity contribution in [1.29, 1.82) is 0 Å². The molecule has 0 fully saturated rings. The summed E-state index contributed by atoms with van der Waals surface area (Å²) in [5.41, 5.74) is 2.43. The molecule has 1 heteroatoms. The molecule has 0 saturated carbocycles. The van der Waals surface area contributed by atoms with Gasteiger partial charge in [0.2, 0.25) is 0 Å². The minimum atomic E-state index is 0.705. The van der Waals surface area contributed by atoms with Gasteiger partial charge in [-0.05, 0) is 24.6 Å². The van der Waals surface area contributed by atoms with Gasteiger partial charge in [-0.3, -0.25) is 0 Å². The molecule has 2 aromatic carbocycles. The minimum Gasteiger partial charge on any atom is -0.489 e. The lowest BCUT2D eigenvalue weighted by molar-refractivity contribution is 0.358. The normalized spacial score (nSPS) is 11.8. The lowest BCUT2D eigenvalue weighted by atomic mass is 10.1. The summed E-state index contributed by atoms with van der Waals surface area (Å²) < 4.78 is 5.42. The van der Waals surface area contributed by atoms with E-state index in [1.54, 1.807) is 0 Å². The zero-order chi connectivity index (χ0) is 11.9. The van der Waals surface area contributed by atoms with Crippen LogP contribution in [0.2, 0.25) is 0 Å². The highest BCUT2D eigenvalue weighted by Crippen LogP contribution is 2.24. The van der Waals surface area contributed by atoms with Crippen molar-refractivity contribution in [2.75, 3.05) is 6.61 Å². The summed E-state index contributed by atoms with van der Waals surface area (Å²) in [6, 6.07) is 18.2. The van der Waals surface area contributed by atoms with Gasteiger partial charge in [0.1, 0.15) is 12.4 Å². The standard InChI is InChI=1S/C10H10O.C6H6/c1-8-4-5-9-3-2-6-11-10(9)7-8;1-2-4-6-5-3-1/h2-5,7H,6H2,1H3;1-6H. The summed E-state index contributed by atoms with van der Waals surface area (Å²) in [5, 5.41) is 0. The van der Waals surface area contributed by atoms with Crippen molar-refractivity contribution in [2.24, 2.45) is 0 Å². The van der Waals surface area contributed by atoms with Gasteiger partial charge in [-0.2, -0.15) is 0 Å². The molecule has 0 amide bonds. The number of hydrogen-bond acceptors (Lipinski definition) is 1. The highest BCUT2D eigenvalue weighted by molar-refractivity contribution is 5.59. The third kappa shape index (κ3) is 3.49. The first-order valence-corrected chi connectivity index (χ1v) is 5.76. The molecule has 0 aliphatic carbocycles. The van der Waals surface area contributed by atoms with E-state index in [2.05, 4.69) is 31.2 Å². The highest BCUT2D eigenvalue weighted by Gasteiger charge is 2.03. The Balaban J connectivity index is 0.000000153. The maximum atomic E-state index is 5.42. The molecule has 2 aromatic rings. The Kier molecular flexibility index (Phi) is 3.98. The van der Waals surface area contributed by atoms with Gasteiger partial charge in [-0.15, -0.1) is 0 Å². The summed E-state index contributed by atoms with van der Waals surface area (Å²) in [6.45, 7) is 2.78. The molecular weight excluding hydrogens is 208 g/mol. The fourth-order valence-electron chi connectivity index (χ4n) is 1.60. The third-order valence-corrected chi connectivity index (χ3v) is 2.47. The molecule has 0 atom stereocenters. The van der Waals surface area contributed by atoms with Crippen LogP contribution in [0.4, 0.5) is 0 Å². The quantitative estimate of drug-likeness (QED) is 0.655. The van der Waals surface area contributed by atoms with E-state index >= 15 is 0 Å². The highest BCUT2D eigenvalue weighted by atomic mass is 16.5. The first kappa shape index (κ1) is 11.5. The number of aryl methyl sites for hydroxylation is 1. The Labute approximate surface area is 102 Å². The van der Waals surface area contributed by atoms with E-state index in [0.29, 0.717) is 6.61 Å². The second kappa shape index (κ2) is 5.90. The molecule has 3 rings (SSSR count). The van der Waals surface area contributed by atoms with E-state index in [1.807, 2.05) is 42.5 Å². The predicted octanol–water partition coefficient (Wildman–Crippen LogP) is 4.09. The Morgan fingerprint density at radius 3 is 2.24 bits per heavy atom. The maximum Gasteiger partial charge on any atom is 0.127 e. The van der Waals surface area contributed by atoms with Crippen LogP contribution in [0.25, 0.3) is 6.08 Å². The molecule has 0 spiro atoms. The summed E-state index contributed by atoms with van der Waals surface area (Å²) >= 11 is 0. The molecule has 1 nitrogen and oxygen atoms in total. The smallest absolute Gasteiger partial charge is 0.127 e. The number of ether oxygens (including phenoxy) is 1. The van der Waals surface area contributed by atoms with E-state index in [1.165, 1.54) is 11.1 Å². The fraction of sp³-hybridized carbons (Fsp3) is 0.125. The van der Waals surface area contributed by atoms with Gasteiger partial charge in [-0.25, -0.2) is 0 Å². The molecule has 17 heavy (non-hydrogen) atoms. The summed E-state index contributed by atoms with van der Waals surface area (Å²) in [4.78, 5) is 0. The number of fused-ring (bicyclic) bond motifs is 1. The Morgan fingerprint density at radius 2 is 1.59 bits per heavy atom. The zero-order valence-corrected chi connectivity index (χ0v) is 9.97. The van der Waals surface area contributed by atoms with Gasteiger partial charge in [0, 0.05) is 5.56 Å². The topological polar surface area (TPSA) is 9.23 Å². The first-order chi connectivity index (χ1) is 8.36. The average molecular weight is 224 g/mol. The van der Waals surface area contributed by atoms with Crippen LogP contribution in [-0.2, 0) is 0 Å². The number of benzene rings is 2. The van der Waals surface area contributed by atoms with E-state index in [4.69, 9.17) is 4.74 Å². The predicted molar refractivity (Wildman–Crippen MR) is 72.2 cm³/mol. The van der Waals surface area contributed by atoms with E-state index in [0.717, 1.165) is 5.75 Å². The van der Waals surface area contributed by atoms with Gasteiger partial charge in [0.25, 0.3) is 0 Å². The van der Waals surface area contributed by atoms with Crippen LogP contribution >= 0.6 is 0 Å². The maximum absolute atomic E-state index is 5.42. The van der Waals surface area contributed by atoms with Gasteiger partial charge < -0.3 is 4.74 Å². The Morgan fingerprint density at radius 1 is 0.941 bits per heavy atom.